The molecular formula is C28H36N4O5. The first-order valence-corrected chi connectivity index (χ1v) is 13.8. The molecule has 2 heterocycles. The first-order chi connectivity index (χ1) is 17.8. The monoisotopic (exact) mass is 508 g/mol. The molecule has 0 radical (unpaired) electrons. The normalized spacial score (nSPS) is 31.1. The topological polar surface area (TPSA) is 125 Å². The zero-order valence-electron chi connectivity index (χ0n) is 21.1. The van der Waals surface area contributed by atoms with Gasteiger partial charge in [-0.3, -0.25) is 14.4 Å². The number of fused-ring (bicyclic) bond motifs is 1. The molecule has 1 aromatic carbocycles. The molecule has 7 rings (SSSR count). The van der Waals surface area contributed by atoms with Gasteiger partial charge in [0.25, 0.3) is 5.91 Å². The van der Waals surface area contributed by atoms with Gasteiger partial charge in [-0.1, -0.05) is 0 Å². The van der Waals surface area contributed by atoms with Crippen molar-refractivity contribution >= 4 is 28.8 Å². The fourth-order valence-corrected chi connectivity index (χ4v) is 7.77. The van der Waals surface area contributed by atoms with Crippen LogP contribution in [0, 0.1) is 23.7 Å². The number of aromatic nitrogens is 2. The van der Waals surface area contributed by atoms with Gasteiger partial charge < -0.3 is 25.0 Å². The SMILES string of the molecule is O=C(NC1C2CC3CC1CC(O)(C3)C2)c1ccc2c(c1)ncn2CCCC(=O)N1CCC(C(=O)O)CC1. The van der Waals surface area contributed by atoms with Crippen molar-refractivity contribution in [3.05, 3.63) is 30.1 Å². The van der Waals surface area contributed by atoms with Crippen LogP contribution in [0.25, 0.3) is 11.0 Å². The number of hydrogen-bond acceptors (Lipinski definition) is 5. The first kappa shape index (κ1) is 24.4. The Morgan fingerprint density at radius 2 is 1.81 bits per heavy atom. The number of benzene rings is 1. The van der Waals surface area contributed by atoms with Crippen molar-refractivity contribution in [2.45, 2.75) is 76.0 Å². The maximum atomic E-state index is 13.1. The van der Waals surface area contributed by atoms with Crippen molar-refractivity contribution in [3.8, 4) is 0 Å². The lowest BCUT2D eigenvalue weighted by Crippen LogP contribution is -2.61. The van der Waals surface area contributed by atoms with E-state index < -0.39 is 11.6 Å². The molecule has 1 saturated heterocycles. The number of carboxylic acid groups (broad SMARTS) is 1. The number of rotatable bonds is 7. The maximum Gasteiger partial charge on any atom is 0.306 e. The number of amides is 2. The quantitative estimate of drug-likeness (QED) is 0.528. The predicted molar refractivity (Wildman–Crippen MR) is 136 cm³/mol. The van der Waals surface area contributed by atoms with Crippen molar-refractivity contribution < 1.29 is 24.6 Å². The fourth-order valence-electron chi connectivity index (χ4n) is 7.77. The minimum atomic E-state index is -0.771. The maximum absolute atomic E-state index is 13.1. The van der Waals surface area contributed by atoms with Gasteiger partial charge in [-0.05, 0) is 87.3 Å². The van der Waals surface area contributed by atoms with Gasteiger partial charge in [0.1, 0.15) is 0 Å². The summed E-state index contributed by atoms with van der Waals surface area (Å²) in [7, 11) is 0. The lowest BCUT2D eigenvalue weighted by molar-refractivity contribution is -0.145. The number of aryl methyl sites for hydroxylation is 1. The van der Waals surface area contributed by atoms with Crippen molar-refractivity contribution in [2.75, 3.05) is 13.1 Å². The van der Waals surface area contributed by atoms with Crippen LogP contribution in [0.3, 0.4) is 0 Å². The van der Waals surface area contributed by atoms with E-state index >= 15 is 0 Å². The number of carbonyl (C=O) groups is 3. The molecule has 3 N–H and O–H groups in total. The van der Waals surface area contributed by atoms with Crippen molar-refractivity contribution in [3.63, 3.8) is 0 Å². The van der Waals surface area contributed by atoms with Gasteiger partial charge in [-0.25, -0.2) is 4.98 Å². The number of carboxylic acids is 1. The Morgan fingerprint density at radius 3 is 2.49 bits per heavy atom. The molecule has 5 fully saturated rings. The average molecular weight is 509 g/mol. The predicted octanol–water partition coefficient (Wildman–Crippen LogP) is 2.81. The summed E-state index contributed by atoms with van der Waals surface area (Å²) >= 11 is 0. The van der Waals surface area contributed by atoms with Crippen molar-refractivity contribution in [1.29, 1.82) is 0 Å². The highest BCUT2D eigenvalue weighted by atomic mass is 16.4. The first-order valence-electron chi connectivity index (χ1n) is 13.8. The van der Waals surface area contributed by atoms with E-state index in [0.717, 1.165) is 43.1 Å². The van der Waals surface area contributed by atoms with Gasteiger partial charge in [0.05, 0.1) is 28.9 Å². The third-order valence-corrected chi connectivity index (χ3v) is 9.41. The molecule has 37 heavy (non-hydrogen) atoms. The Morgan fingerprint density at radius 1 is 1.08 bits per heavy atom. The fraction of sp³-hybridized carbons (Fsp3) is 0.643. The van der Waals surface area contributed by atoms with E-state index in [0.29, 0.717) is 68.6 Å². The number of hydrogen-bond donors (Lipinski definition) is 3. The molecule has 4 saturated carbocycles. The molecule has 2 amide bonds. The standard InChI is InChI=1S/C28H36N4O5/c33-24(31-8-5-18(6-9-31)27(35)36)2-1-7-32-16-29-22-12-19(3-4-23(22)32)26(34)30-25-20-10-17-11-21(25)15-28(37,13-17)14-20/h3-4,12,16-18,20-21,25,37H,1-2,5-11,13-15H2,(H,30,34)(H,35,36). The molecule has 5 aliphatic rings. The van der Waals surface area contributed by atoms with E-state index in [1.54, 1.807) is 11.2 Å². The second-order valence-electron chi connectivity index (χ2n) is 11.9. The molecule has 9 nitrogen and oxygen atoms in total. The minimum absolute atomic E-state index is 0.0711. The molecule has 4 bridgehead atoms. The third-order valence-electron chi connectivity index (χ3n) is 9.41. The molecule has 0 spiro atoms. The molecule has 9 heteroatoms. The molecule has 2 atom stereocenters. The summed E-state index contributed by atoms with van der Waals surface area (Å²) in [6, 6.07) is 5.75. The van der Waals surface area contributed by atoms with Gasteiger partial charge in [0.2, 0.25) is 5.91 Å². The van der Waals surface area contributed by atoms with E-state index in [2.05, 4.69) is 10.3 Å². The van der Waals surface area contributed by atoms with Crippen LogP contribution in [0.2, 0.25) is 0 Å². The number of carbonyl (C=O) groups excluding carboxylic acids is 2. The van der Waals surface area contributed by atoms with Crippen LogP contribution in [-0.4, -0.2) is 67.2 Å². The van der Waals surface area contributed by atoms with Crippen molar-refractivity contribution in [2.24, 2.45) is 23.7 Å². The highest BCUT2D eigenvalue weighted by molar-refractivity contribution is 5.97. The summed E-state index contributed by atoms with van der Waals surface area (Å²) < 4.78 is 2.01. The number of piperidine rings is 1. The summed E-state index contributed by atoms with van der Waals surface area (Å²) in [5.41, 5.74) is 1.79. The zero-order chi connectivity index (χ0) is 25.7. The molecule has 4 aliphatic carbocycles. The highest BCUT2D eigenvalue weighted by Crippen LogP contribution is 2.55. The highest BCUT2D eigenvalue weighted by Gasteiger charge is 2.55. The van der Waals surface area contributed by atoms with Gasteiger partial charge in [0, 0.05) is 37.7 Å². The number of nitrogens with one attached hydrogen (secondary N) is 1. The molecule has 1 aliphatic heterocycles. The summed E-state index contributed by atoms with van der Waals surface area (Å²) in [5.74, 6) is 0.238. The third kappa shape index (κ3) is 4.74. The van der Waals surface area contributed by atoms with Crippen LogP contribution >= 0.6 is 0 Å². The largest absolute Gasteiger partial charge is 0.481 e. The average Bonchev–Trinajstić information content (AvgIpc) is 3.27. The van der Waals surface area contributed by atoms with E-state index in [9.17, 15) is 19.5 Å². The van der Waals surface area contributed by atoms with Crippen LogP contribution in [0.15, 0.2) is 24.5 Å². The molecule has 1 aromatic heterocycles. The second-order valence-corrected chi connectivity index (χ2v) is 11.9. The molecular weight excluding hydrogens is 472 g/mol. The van der Waals surface area contributed by atoms with Crippen LogP contribution in [0.4, 0.5) is 0 Å². The van der Waals surface area contributed by atoms with Crippen LogP contribution in [0.1, 0.15) is 68.1 Å². The van der Waals surface area contributed by atoms with E-state index in [1.807, 2.05) is 22.8 Å². The minimum Gasteiger partial charge on any atom is -0.481 e. The molecule has 2 unspecified atom stereocenters. The van der Waals surface area contributed by atoms with Gasteiger partial charge in [0.15, 0.2) is 0 Å². The van der Waals surface area contributed by atoms with Crippen molar-refractivity contribution in [1.82, 2.24) is 19.8 Å². The lowest BCUT2D eigenvalue weighted by atomic mass is 9.52. The van der Waals surface area contributed by atoms with Crippen LogP contribution < -0.4 is 5.32 Å². The number of likely N-dealkylation sites (tertiary alicyclic amines) is 1. The Labute approximate surface area is 216 Å². The Hall–Kier alpha value is -2.94. The zero-order valence-corrected chi connectivity index (χ0v) is 21.1. The summed E-state index contributed by atoms with van der Waals surface area (Å²) in [4.78, 5) is 43.1. The summed E-state index contributed by atoms with van der Waals surface area (Å²) in [5, 5.41) is 23.2. The van der Waals surface area contributed by atoms with Crippen LogP contribution in [0.5, 0.6) is 0 Å². The second kappa shape index (κ2) is 9.42. The van der Waals surface area contributed by atoms with Gasteiger partial charge in [-0.2, -0.15) is 0 Å². The van der Waals surface area contributed by atoms with E-state index in [-0.39, 0.29) is 23.8 Å². The number of aliphatic carboxylic acids is 1. The van der Waals surface area contributed by atoms with Gasteiger partial charge >= 0.3 is 5.97 Å². The van der Waals surface area contributed by atoms with Crippen LogP contribution in [-0.2, 0) is 16.1 Å². The van der Waals surface area contributed by atoms with E-state index in [1.165, 1.54) is 0 Å². The van der Waals surface area contributed by atoms with Gasteiger partial charge in [-0.15, -0.1) is 0 Å². The Bertz CT molecular complexity index is 1200. The smallest absolute Gasteiger partial charge is 0.306 e. The molecule has 2 aromatic rings. The number of imidazole rings is 1. The lowest BCUT2D eigenvalue weighted by Gasteiger charge is -2.58. The Balaban J connectivity index is 1.03. The molecule has 198 valence electrons. The van der Waals surface area contributed by atoms with E-state index in [4.69, 9.17) is 5.11 Å². The summed E-state index contributed by atoms with van der Waals surface area (Å²) in [6.07, 6.45) is 8.64. The number of aliphatic hydroxyl groups is 1. The Kier molecular flexibility index (Phi) is 6.21. The number of nitrogens with zero attached hydrogens (tertiary/aromatic N) is 3. The summed E-state index contributed by atoms with van der Waals surface area (Å²) in [6.45, 7) is 1.67.